The van der Waals surface area contributed by atoms with E-state index in [1.807, 2.05) is 32.0 Å². The molecule has 0 aliphatic carbocycles. The summed E-state index contributed by atoms with van der Waals surface area (Å²) in [5.74, 6) is 1.06. The molecular formula is C17H14ClN5O. The van der Waals surface area contributed by atoms with Gasteiger partial charge in [0.1, 0.15) is 11.1 Å². The van der Waals surface area contributed by atoms with E-state index in [1.165, 1.54) is 6.08 Å². The highest BCUT2D eigenvalue weighted by atomic mass is 35.5. The molecule has 1 aromatic carbocycles. The summed E-state index contributed by atoms with van der Waals surface area (Å²) in [7, 11) is 1.80. The van der Waals surface area contributed by atoms with E-state index in [2.05, 4.69) is 15.1 Å². The summed E-state index contributed by atoms with van der Waals surface area (Å²) in [6.07, 6.45) is 4.98. The van der Waals surface area contributed by atoms with Crippen LogP contribution < -0.4 is 4.74 Å². The van der Waals surface area contributed by atoms with Gasteiger partial charge in [-0.15, -0.1) is 0 Å². The maximum atomic E-state index is 8.65. The van der Waals surface area contributed by atoms with Crippen molar-refractivity contribution >= 4 is 28.7 Å². The maximum Gasteiger partial charge on any atom is 0.234 e. The third-order valence-electron chi connectivity index (χ3n) is 3.46. The molecule has 2 aromatic heterocycles. The molecule has 0 atom stereocenters. The first-order valence-electron chi connectivity index (χ1n) is 7.20. The van der Waals surface area contributed by atoms with Crippen molar-refractivity contribution in [2.75, 3.05) is 0 Å². The maximum absolute atomic E-state index is 8.65. The molecule has 120 valence electrons. The fourth-order valence-corrected chi connectivity index (χ4v) is 2.67. The van der Waals surface area contributed by atoms with Crippen LogP contribution in [0.1, 0.15) is 16.7 Å². The third kappa shape index (κ3) is 3.07. The third-order valence-corrected chi connectivity index (χ3v) is 3.63. The van der Waals surface area contributed by atoms with E-state index < -0.39 is 0 Å². The monoisotopic (exact) mass is 339 g/mol. The molecular weight excluding hydrogens is 326 g/mol. The second-order valence-corrected chi connectivity index (χ2v) is 5.72. The van der Waals surface area contributed by atoms with Crippen molar-refractivity contribution in [3.63, 3.8) is 0 Å². The van der Waals surface area contributed by atoms with E-state index in [4.69, 9.17) is 21.6 Å². The van der Waals surface area contributed by atoms with Crippen molar-refractivity contribution in [2.24, 2.45) is 7.05 Å². The number of allylic oxidation sites excluding steroid dienone is 1. The van der Waals surface area contributed by atoms with Crippen LogP contribution in [0.3, 0.4) is 0 Å². The molecule has 0 aliphatic heterocycles. The van der Waals surface area contributed by atoms with Crippen LogP contribution >= 0.6 is 11.6 Å². The van der Waals surface area contributed by atoms with Crippen LogP contribution in [0, 0.1) is 25.2 Å². The standard InChI is InChI=1S/C17H14ClN5O/c1-10-7-12(5-4-6-19)8-11(2)14(10)24-16-13-9-23(3)22-15(13)20-17(18)21-16/h4-5,7-9H,1-3H3/b5-4+. The fraction of sp³-hybridized carbons (Fsp3) is 0.176. The average molecular weight is 340 g/mol. The SMILES string of the molecule is Cc1cc(/C=C/C#N)cc(C)c1Oc1nc(Cl)nc2nn(C)cc12. The lowest BCUT2D eigenvalue weighted by atomic mass is 10.1. The number of ether oxygens (including phenoxy) is 1. The Kier molecular flexibility index (Phi) is 4.19. The first-order valence-corrected chi connectivity index (χ1v) is 7.58. The molecule has 3 aromatic rings. The zero-order valence-corrected chi connectivity index (χ0v) is 14.2. The second-order valence-electron chi connectivity index (χ2n) is 5.39. The summed E-state index contributed by atoms with van der Waals surface area (Å²) in [4.78, 5) is 8.28. The van der Waals surface area contributed by atoms with E-state index in [-0.39, 0.29) is 5.28 Å². The molecule has 0 fully saturated rings. The molecule has 2 heterocycles. The molecule has 0 bridgehead atoms. The number of hydrogen-bond donors (Lipinski definition) is 0. The van der Waals surface area contributed by atoms with Crippen molar-refractivity contribution in [1.29, 1.82) is 5.26 Å². The molecule has 6 nitrogen and oxygen atoms in total. The van der Waals surface area contributed by atoms with Crippen LogP contribution in [0.4, 0.5) is 0 Å². The summed E-state index contributed by atoms with van der Waals surface area (Å²) >= 11 is 5.97. The number of benzene rings is 1. The summed E-state index contributed by atoms with van der Waals surface area (Å²) in [5.41, 5.74) is 3.28. The zero-order valence-electron chi connectivity index (χ0n) is 13.4. The minimum atomic E-state index is 0.0834. The number of nitrogens with zero attached hydrogens (tertiary/aromatic N) is 5. The lowest BCUT2D eigenvalue weighted by molar-refractivity contribution is 0.461. The first kappa shape index (κ1) is 16.0. The van der Waals surface area contributed by atoms with Gasteiger partial charge in [-0.05, 0) is 60.3 Å². The zero-order chi connectivity index (χ0) is 17.3. The predicted octanol–water partition coefficient (Wildman–Crippen LogP) is 3.96. The van der Waals surface area contributed by atoms with Crippen LogP contribution in [0.5, 0.6) is 11.6 Å². The summed E-state index contributed by atoms with van der Waals surface area (Å²) in [6, 6.07) is 5.87. The molecule has 0 amide bonds. The molecule has 0 aliphatic rings. The molecule has 7 heteroatoms. The van der Waals surface area contributed by atoms with Gasteiger partial charge in [0, 0.05) is 19.3 Å². The van der Waals surface area contributed by atoms with E-state index in [9.17, 15) is 0 Å². The highest BCUT2D eigenvalue weighted by molar-refractivity contribution is 6.28. The van der Waals surface area contributed by atoms with Gasteiger partial charge in [0.15, 0.2) is 5.65 Å². The van der Waals surface area contributed by atoms with Gasteiger partial charge >= 0.3 is 0 Å². The average Bonchev–Trinajstić information content (AvgIpc) is 2.88. The van der Waals surface area contributed by atoms with E-state index >= 15 is 0 Å². The molecule has 3 rings (SSSR count). The molecule has 24 heavy (non-hydrogen) atoms. The van der Waals surface area contributed by atoms with Crippen LogP contribution in [0.15, 0.2) is 24.4 Å². The lowest BCUT2D eigenvalue weighted by Crippen LogP contribution is -1.96. The molecule has 0 radical (unpaired) electrons. The largest absolute Gasteiger partial charge is 0.438 e. The summed E-state index contributed by atoms with van der Waals surface area (Å²) in [6.45, 7) is 3.88. The first-order chi connectivity index (χ1) is 11.5. The minimum absolute atomic E-state index is 0.0834. The Labute approximate surface area is 144 Å². The quantitative estimate of drug-likeness (QED) is 0.533. The van der Waals surface area contributed by atoms with Crippen LogP contribution in [-0.2, 0) is 7.05 Å². The summed E-state index contributed by atoms with van der Waals surface area (Å²) in [5, 5.41) is 13.7. The number of rotatable bonds is 3. The van der Waals surface area contributed by atoms with E-state index in [0.29, 0.717) is 22.7 Å². The number of fused-ring (bicyclic) bond motifs is 1. The Bertz CT molecular complexity index is 977. The van der Waals surface area contributed by atoms with Gasteiger partial charge < -0.3 is 4.74 Å². The van der Waals surface area contributed by atoms with E-state index in [1.54, 1.807) is 24.0 Å². The van der Waals surface area contributed by atoms with Crippen molar-refractivity contribution in [2.45, 2.75) is 13.8 Å². The smallest absolute Gasteiger partial charge is 0.234 e. The summed E-state index contributed by atoms with van der Waals surface area (Å²) < 4.78 is 7.67. The van der Waals surface area contributed by atoms with Gasteiger partial charge in [-0.1, -0.05) is 0 Å². The Balaban J connectivity index is 2.06. The highest BCUT2D eigenvalue weighted by Gasteiger charge is 2.15. The Morgan fingerprint density at radius 1 is 1.25 bits per heavy atom. The predicted molar refractivity (Wildman–Crippen MR) is 92.0 cm³/mol. The molecule has 0 saturated heterocycles. The molecule has 0 N–H and O–H groups in total. The number of aryl methyl sites for hydroxylation is 3. The topological polar surface area (TPSA) is 76.6 Å². The number of halogens is 1. The molecule has 0 saturated carbocycles. The molecule has 0 unspecified atom stereocenters. The number of nitriles is 1. The van der Waals surface area contributed by atoms with Crippen molar-refractivity contribution in [1.82, 2.24) is 19.7 Å². The van der Waals surface area contributed by atoms with Gasteiger partial charge in [-0.2, -0.15) is 20.3 Å². The minimum Gasteiger partial charge on any atom is -0.438 e. The number of aromatic nitrogens is 4. The van der Waals surface area contributed by atoms with Crippen molar-refractivity contribution in [3.8, 4) is 17.7 Å². The van der Waals surface area contributed by atoms with Crippen LogP contribution in [0.25, 0.3) is 17.1 Å². The Morgan fingerprint density at radius 2 is 1.96 bits per heavy atom. The van der Waals surface area contributed by atoms with Gasteiger partial charge in [0.05, 0.1) is 6.07 Å². The van der Waals surface area contributed by atoms with Crippen LogP contribution in [-0.4, -0.2) is 19.7 Å². The molecule has 0 spiro atoms. The fourth-order valence-electron chi connectivity index (χ4n) is 2.52. The van der Waals surface area contributed by atoms with Crippen LogP contribution in [0.2, 0.25) is 5.28 Å². The van der Waals surface area contributed by atoms with Gasteiger partial charge in [0.2, 0.25) is 11.2 Å². The second kappa shape index (κ2) is 6.30. The number of hydrogen-bond acceptors (Lipinski definition) is 5. The van der Waals surface area contributed by atoms with Gasteiger partial charge in [-0.3, -0.25) is 4.68 Å². The normalized spacial score (nSPS) is 11.1. The van der Waals surface area contributed by atoms with Gasteiger partial charge in [-0.25, -0.2) is 0 Å². The highest BCUT2D eigenvalue weighted by Crippen LogP contribution is 2.33. The Morgan fingerprint density at radius 3 is 2.62 bits per heavy atom. The van der Waals surface area contributed by atoms with Crippen molar-refractivity contribution in [3.05, 3.63) is 46.4 Å². The van der Waals surface area contributed by atoms with E-state index in [0.717, 1.165) is 16.7 Å². The van der Waals surface area contributed by atoms with Crippen molar-refractivity contribution < 1.29 is 4.74 Å². The lowest BCUT2D eigenvalue weighted by Gasteiger charge is -2.12. The Hall–Kier alpha value is -2.91. The van der Waals surface area contributed by atoms with Gasteiger partial charge in [0.25, 0.3) is 0 Å².